The molecule has 0 aliphatic heterocycles. The molecule has 1 aromatic rings. The molecule has 0 heterocycles. The van der Waals surface area contributed by atoms with Crippen molar-refractivity contribution < 1.29 is 9.53 Å². The van der Waals surface area contributed by atoms with Crippen LogP contribution in [0.5, 0.6) is 5.75 Å². The largest absolute Gasteiger partial charge is 0.492 e. The fraction of sp³-hybridized carbons (Fsp3) is 0.462. The van der Waals surface area contributed by atoms with Gasteiger partial charge < -0.3 is 10.1 Å². The van der Waals surface area contributed by atoms with Crippen molar-refractivity contribution in [2.45, 2.75) is 27.2 Å². The Morgan fingerprint density at radius 2 is 1.88 bits per heavy atom. The third-order valence-electron chi connectivity index (χ3n) is 2.21. The van der Waals surface area contributed by atoms with Crippen LogP contribution in [0.2, 0.25) is 0 Å². The third kappa shape index (κ3) is 4.34. The fourth-order valence-corrected chi connectivity index (χ4v) is 1.50. The van der Waals surface area contributed by atoms with Crippen molar-refractivity contribution in [1.29, 1.82) is 0 Å². The van der Waals surface area contributed by atoms with Crippen LogP contribution in [0, 0.1) is 13.8 Å². The fourth-order valence-electron chi connectivity index (χ4n) is 1.50. The minimum absolute atomic E-state index is 0.0593. The SMILES string of the molecule is CCC(=O)NCCOc1cc(C)cc(C)c1. The van der Waals surface area contributed by atoms with Crippen LogP contribution in [0.25, 0.3) is 0 Å². The van der Waals surface area contributed by atoms with E-state index in [9.17, 15) is 4.79 Å². The second kappa shape index (κ2) is 6.16. The first-order valence-electron chi connectivity index (χ1n) is 5.59. The van der Waals surface area contributed by atoms with Crippen LogP contribution in [0.1, 0.15) is 24.5 Å². The lowest BCUT2D eigenvalue weighted by molar-refractivity contribution is -0.120. The summed E-state index contributed by atoms with van der Waals surface area (Å²) in [5, 5.41) is 2.77. The van der Waals surface area contributed by atoms with Crippen molar-refractivity contribution in [3.05, 3.63) is 29.3 Å². The molecular weight excluding hydrogens is 202 g/mol. The van der Waals surface area contributed by atoms with E-state index in [1.54, 1.807) is 0 Å². The van der Waals surface area contributed by atoms with E-state index in [0.717, 1.165) is 5.75 Å². The van der Waals surface area contributed by atoms with Gasteiger partial charge in [0.25, 0.3) is 0 Å². The highest BCUT2D eigenvalue weighted by Crippen LogP contribution is 2.15. The molecule has 0 aliphatic rings. The topological polar surface area (TPSA) is 38.3 Å². The number of aryl methyl sites for hydroxylation is 2. The van der Waals surface area contributed by atoms with E-state index in [0.29, 0.717) is 19.6 Å². The van der Waals surface area contributed by atoms with Crippen LogP contribution < -0.4 is 10.1 Å². The molecule has 0 atom stereocenters. The van der Waals surface area contributed by atoms with Gasteiger partial charge in [0.1, 0.15) is 12.4 Å². The summed E-state index contributed by atoms with van der Waals surface area (Å²) in [6, 6.07) is 6.09. The molecule has 1 rings (SSSR count). The summed E-state index contributed by atoms with van der Waals surface area (Å²) in [7, 11) is 0. The number of amides is 1. The monoisotopic (exact) mass is 221 g/mol. The summed E-state index contributed by atoms with van der Waals surface area (Å²) in [5.74, 6) is 0.923. The Morgan fingerprint density at radius 3 is 2.44 bits per heavy atom. The number of carbonyl (C=O) groups is 1. The molecule has 0 fully saturated rings. The quantitative estimate of drug-likeness (QED) is 0.774. The molecule has 0 bridgehead atoms. The molecule has 0 aromatic heterocycles. The highest BCUT2D eigenvalue weighted by atomic mass is 16.5. The molecule has 0 radical (unpaired) electrons. The van der Waals surface area contributed by atoms with Gasteiger partial charge in [0.2, 0.25) is 5.91 Å². The van der Waals surface area contributed by atoms with Crippen molar-refractivity contribution in [3.8, 4) is 5.75 Å². The molecule has 16 heavy (non-hydrogen) atoms. The van der Waals surface area contributed by atoms with Crippen molar-refractivity contribution >= 4 is 5.91 Å². The first-order chi connectivity index (χ1) is 7.61. The normalized spacial score (nSPS) is 9.94. The summed E-state index contributed by atoms with van der Waals surface area (Å²) in [6.07, 6.45) is 0.517. The van der Waals surface area contributed by atoms with Gasteiger partial charge in [-0.3, -0.25) is 4.79 Å². The Labute approximate surface area is 96.8 Å². The van der Waals surface area contributed by atoms with Gasteiger partial charge in [0.05, 0.1) is 6.54 Å². The van der Waals surface area contributed by atoms with Crippen LogP contribution in [-0.2, 0) is 4.79 Å². The summed E-state index contributed by atoms with van der Waals surface area (Å²) in [4.78, 5) is 11.0. The Morgan fingerprint density at radius 1 is 1.25 bits per heavy atom. The molecule has 88 valence electrons. The number of hydrogen-bond acceptors (Lipinski definition) is 2. The van der Waals surface area contributed by atoms with Crippen molar-refractivity contribution in [3.63, 3.8) is 0 Å². The van der Waals surface area contributed by atoms with Crippen LogP contribution in [0.3, 0.4) is 0 Å². The van der Waals surface area contributed by atoms with E-state index in [1.165, 1.54) is 11.1 Å². The number of rotatable bonds is 5. The van der Waals surface area contributed by atoms with Gasteiger partial charge in [0, 0.05) is 6.42 Å². The van der Waals surface area contributed by atoms with Crippen LogP contribution in [-0.4, -0.2) is 19.1 Å². The standard InChI is InChI=1S/C13H19NO2/c1-4-13(15)14-5-6-16-12-8-10(2)7-11(3)9-12/h7-9H,4-6H2,1-3H3,(H,14,15). The van der Waals surface area contributed by atoms with Crippen molar-refractivity contribution in [2.75, 3.05) is 13.2 Å². The Hall–Kier alpha value is -1.51. The second-order valence-electron chi connectivity index (χ2n) is 3.88. The van der Waals surface area contributed by atoms with Crippen LogP contribution in [0.4, 0.5) is 0 Å². The maximum Gasteiger partial charge on any atom is 0.219 e. The van der Waals surface area contributed by atoms with Gasteiger partial charge in [-0.05, 0) is 37.1 Å². The molecule has 1 amide bonds. The maximum atomic E-state index is 11.0. The molecular formula is C13H19NO2. The van der Waals surface area contributed by atoms with E-state index >= 15 is 0 Å². The zero-order valence-electron chi connectivity index (χ0n) is 10.2. The zero-order chi connectivity index (χ0) is 12.0. The van der Waals surface area contributed by atoms with Gasteiger partial charge in [-0.25, -0.2) is 0 Å². The first-order valence-corrected chi connectivity index (χ1v) is 5.59. The lowest BCUT2D eigenvalue weighted by Crippen LogP contribution is -2.27. The molecule has 1 aromatic carbocycles. The summed E-state index contributed by atoms with van der Waals surface area (Å²) < 4.78 is 5.55. The van der Waals surface area contributed by atoms with Crippen molar-refractivity contribution in [1.82, 2.24) is 5.32 Å². The lowest BCUT2D eigenvalue weighted by atomic mass is 10.1. The number of benzene rings is 1. The maximum absolute atomic E-state index is 11.0. The van der Waals surface area contributed by atoms with Crippen LogP contribution >= 0.6 is 0 Å². The van der Waals surface area contributed by atoms with Gasteiger partial charge >= 0.3 is 0 Å². The van der Waals surface area contributed by atoms with Gasteiger partial charge in [-0.2, -0.15) is 0 Å². The Bertz CT molecular complexity index is 341. The zero-order valence-corrected chi connectivity index (χ0v) is 10.2. The van der Waals surface area contributed by atoms with E-state index < -0.39 is 0 Å². The first kappa shape index (κ1) is 12.6. The summed E-state index contributed by atoms with van der Waals surface area (Å²) in [6.45, 7) is 6.98. The Kier molecular flexibility index (Phi) is 4.83. The Balaban J connectivity index is 2.34. The highest BCUT2D eigenvalue weighted by molar-refractivity contribution is 5.75. The molecule has 0 saturated heterocycles. The predicted octanol–water partition coefficient (Wildman–Crippen LogP) is 2.21. The summed E-state index contributed by atoms with van der Waals surface area (Å²) >= 11 is 0. The minimum Gasteiger partial charge on any atom is -0.492 e. The van der Waals surface area contributed by atoms with Crippen LogP contribution in [0.15, 0.2) is 18.2 Å². The summed E-state index contributed by atoms with van der Waals surface area (Å²) in [5.41, 5.74) is 2.38. The molecule has 0 aliphatic carbocycles. The molecule has 0 saturated carbocycles. The minimum atomic E-state index is 0.0593. The molecule has 0 spiro atoms. The predicted molar refractivity (Wildman–Crippen MR) is 64.7 cm³/mol. The number of ether oxygens (including phenoxy) is 1. The van der Waals surface area contributed by atoms with E-state index in [4.69, 9.17) is 4.74 Å². The number of hydrogen-bond donors (Lipinski definition) is 1. The smallest absolute Gasteiger partial charge is 0.219 e. The second-order valence-corrected chi connectivity index (χ2v) is 3.88. The van der Waals surface area contributed by atoms with E-state index in [1.807, 2.05) is 32.9 Å². The number of nitrogens with one attached hydrogen (secondary N) is 1. The highest BCUT2D eigenvalue weighted by Gasteiger charge is 1.98. The molecule has 1 N–H and O–H groups in total. The van der Waals surface area contributed by atoms with Crippen molar-refractivity contribution in [2.24, 2.45) is 0 Å². The average Bonchev–Trinajstić information content (AvgIpc) is 2.22. The van der Waals surface area contributed by atoms with E-state index in [2.05, 4.69) is 11.4 Å². The van der Waals surface area contributed by atoms with Gasteiger partial charge in [-0.15, -0.1) is 0 Å². The van der Waals surface area contributed by atoms with E-state index in [-0.39, 0.29) is 5.91 Å². The number of carbonyl (C=O) groups excluding carboxylic acids is 1. The van der Waals surface area contributed by atoms with Gasteiger partial charge in [0.15, 0.2) is 0 Å². The molecule has 3 heteroatoms. The average molecular weight is 221 g/mol. The lowest BCUT2D eigenvalue weighted by Gasteiger charge is -2.08. The molecule has 3 nitrogen and oxygen atoms in total. The van der Waals surface area contributed by atoms with Gasteiger partial charge in [-0.1, -0.05) is 13.0 Å². The molecule has 0 unspecified atom stereocenters. The third-order valence-corrected chi connectivity index (χ3v) is 2.21.